The zero-order valence-electron chi connectivity index (χ0n) is 17.3. The fraction of sp³-hybridized carbons (Fsp3) is 0.261. The maximum Gasteiger partial charge on any atom is 0.271 e. The van der Waals surface area contributed by atoms with E-state index in [9.17, 15) is 18.4 Å². The largest absolute Gasteiger partial charge is 0.354 e. The van der Waals surface area contributed by atoms with E-state index in [1.165, 1.54) is 10.7 Å². The van der Waals surface area contributed by atoms with Crippen LogP contribution in [0.1, 0.15) is 18.4 Å². The average Bonchev–Trinajstić information content (AvgIpc) is 2.78. The highest BCUT2D eigenvalue weighted by Crippen LogP contribution is 2.24. The average molecular weight is 459 g/mol. The van der Waals surface area contributed by atoms with Crippen molar-refractivity contribution in [2.45, 2.75) is 19.8 Å². The van der Waals surface area contributed by atoms with Gasteiger partial charge in [0.25, 0.3) is 5.56 Å². The van der Waals surface area contributed by atoms with Crippen LogP contribution in [0.15, 0.2) is 53.3 Å². The van der Waals surface area contributed by atoms with Crippen LogP contribution >= 0.6 is 11.6 Å². The lowest BCUT2D eigenvalue weighted by atomic mass is 9.97. The summed E-state index contributed by atoms with van der Waals surface area (Å²) in [4.78, 5) is 27.0. The topological polar surface area (TPSA) is 67.2 Å². The zero-order chi connectivity index (χ0) is 22.8. The molecule has 9 heteroatoms. The van der Waals surface area contributed by atoms with Crippen molar-refractivity contribution in [3.63, 3.8) is 0 Å². The summed E-state index contributed by atoms with van der Waals surface area (Å²) in [5, 5.41) is 7.48. The van der Waals surface area contributed by atoms with Crippen LogP contribution in [-0.2, 0) is 4.79 Å². The number of hydrogen-bond donors (Lipinski definition) is 1. The molecule has 2 heterocycles. The van der Waals surface area contributed by atoms with E-state index in [4.69, 9.17) is 11.6 Å². The predicted octanol–water partition coefficient (Wildman–Crippen LogP) is 4.33. The van der Waals surface area contributed by atoms with Crippen LogP contribution in [0.2, 0.25) is 5.02 Å². The van der Waals surface area contributed by atoms with Gasteiger partial charge in [0.2, 0.25) is 5.91 Å². The molecule has 166 valence electrons. The number of amides is 1. The van der Waals surface area contributed by atoms with Crippen molar-refractivity contribution >= 4 is 29.0 Å². The lowest BCUT2D eigenvalue weighted by molar-refractivity contribution is -0.120. The van der Waals surface area contributed by atoms with Crippen LogP contribution in [0.4, 0.5) is 20.3 Å². The number of rotatable bonds is 4. The van der Waals surface area contributed by atoms with E-state index < -0.39 is 23.5 Å². The van der Waals surface area contributed by atoms with Crippen molar-refractivity contribution in [3.05, 3.63) is 81.1 Å². The van der Waals surface area contributed by atoms with Gasteiger partial charge in [0.05, 0.1) is 17.3 Å². The number of anilines is 2. The molecular weight excluding hydrogens is 438 g/mol. The third kappa shape index (κ3) is 4.65. The highest BCUT2D eigenvalue weighted by molar-refractivity contribution is 6.31. The second-order valence-corrected chi connectivity index (χ2v) is 8.18. The Balaban J connectivity index is 1.54. The van der Waals surface area contributed by atoms with E-state index in [1.807, 2.05) is 17.9 Å². The fourth-order valence-electron chi connectivity index (χ4n) is 3.70. The van der Waals surface area contributed by atoms with Gasteiger partial charge in [0.1, 0.15) is 17.5 Å². The minimum absolute atomic E-state index is 0.185. The number of aromatic nitrogens is 2. The monoisotopic (exact) mass is 458 g/mol. The maximum atomic E-state index is 13.9. The van der Waals surface area contributed by atoms with Gasteiger partial charge < -0.3 is 10.2 Å². The summed E-state index contributed by atoms with van der Waals surface area (Å²) in [6.07, 6.45) is 1.31. The second kappa shape index (κ2) is 9.08. The van der Waals surface area contributed by atoms with E-state index in [1.54, 1.807) is 18.2 Å². The SMILES string of the molecule is Cc1ccc(-n2nc(N3CCC[C@@H](C(=O)Nc4cc(F)ccc4F)C3)ccc2=O)cc1Cl. The molecule has 1 aromatic heterocycles. The fourth-order valence-corrected chi connectivity index (χ4v) is 3.87. The van der Waals surface area contributed by atoms with Gasteiger partial charge in [-0.15, -0.1) is 5.10 Å². The number of carbonyl (C=O) groups is 1. The molecule has 2 aromatic carbocycles. The molecular formula is C23H21ClF2N4O2. The molecule has 1 amide bonds. The summed E-state index contributed by atoms with van der Waals surface area (Å²) >= 11 is 6.20. The van der Waals surface area contributed by atoms with Crippen molar-refractivity contribution in [2.75, 3.05) is 23.3 Å². The Morgan fingerprint density at radius 3 is 2.75 bits per heavy atom. The first-order valence-electron chi connectivity index (χ1n) is 10.2. The number of carbonyl (C=O) groups excluding carboxylic acids is 1. The molecule has 6 nitrogen and oxygen atoms in total. The predicted molar refractivity (Wildman–Crippen MR) is 120 cm³/mol. The Kier molecular flexibility index (Phi) is 6.23. The van der Waals surface area contributed by atoms with E-state index >= 15 is 0 Å². The van der Waals surface area contributed by atoms with Gasteiger partial charge in [-0.05, 0) is 55.7 Å². The third-order valence-corrected chi connectivity index (χ3v) is 5.90. The maximum absolute atomic E-state index is 13.9. The first kappa shape index (κ1) is 22.0. The summed E-state index contributed by atoms with van der Waals surface area (Å²) in [6, 6.07) is 11.2. The molecule has 0 aliphatic carbocycles. The number of halogens is 3. The molecule has 1 saturated heterocycles. The van der Waals surface area contributed by atoms with Crippen molar-refractivity contribution in [3.8, 4) is 5.69 Å². The molecule has 0 radical (unpaired) electrons. The minimum Gasteiger partial charge on any atom is -0.354 e. The molecule has 1 fully saturated rings. The second-order valence-electron chi connectivity index (χ2n) is 7.77. The molecule has 3 aromatic rings. The normalized spacial score (nSPS) is 16.1. The van der Waals surface area contributed by atoms with Gasteiger partial charge in [0, 0.05) is 30.2 Å². The Hall–Kier alpha value is -3.26. The number of nitrogens with one attached hydrogen (secondary N) is 1. The van der Waals surface area contributed by atoms with E-state index in [2.05, 4.69) is 10.4 Å². The Bertz CT molecular complexity index is 1230. The lowest BCUT2D eigenvalue weighted by Gasteiger charge is -2.33. The first-order chi connectivity index (χ1) is 15.3. The number of piperidine rings is 1. The van der Waals surface area contributed by atoms with Crippen molar-refractivity contribution < 1.29 is 13.6 Å². The van der Waals surface area contributed by atoms with Gasteiger partial charge >= 0.3 is 0 Å². The van der Waals surface area contributed by atoms with Crippen LogP contribution in [0.25, 0.3) is 5.69 Å². The quantitative estimate of drug-likeness (QED) is 0.632. The summed E-state index contributed by atoms with van der Waals surface area (Å²) < 4.78 is 28.6. The van der Waals surface area contributed by atoms with Gasteiger partial charge in [-0.25, -0.2) is 8.78 Å². The molecule has 1 aliphatic heterocycles. The summed E-state index contributed by atoms with van der Waals surface area (Å²) in [7, 11) is 0. The summed E-state index contributed by atoms with van der Waals surface area (Å²) in [6.45, 7) is 2.86. The molecule has 0 bridgehead atoms. The third-order valence-electron chi connectivity index (χ3n) is 5.49. The Morgan fingerprint density at radius 2 is 1.97 bits per heavy atom. The summed E-state index contributed by atoms with van der Waals surface area (Å²) in [5.41, 5.74) is 0.941. The number of hydrogen-bond acceptors (Lipinski definition) is 4. The highest BCUT2D eigenvalue weighted by Gasteiger charge is 2.27. The van der Waals surface area contributed by atoms with Gasteiger partial charge in [-0.1, -0.05) is 17.7 Å². The number of aryl methyl sites for hydroxylation is 1. The van der Waals surface area contributed by atoms with Gasteiger partial charge in [-0.3, -0.25) is 9.59 Å². The van der Waals surface area contributed by atoms with Crippen LogP contribution in [0.5, 0.6) is 0 Å². The Morgan fingerprint density at radius 1 is 1.16 bits per heavy atom. The molecule has 0 spiro atoms. The minimum atomic E-state index is -0.696. The van der Waals surface area contributed by atoms with Crippen molar-refractivity contribution in [1.82, 2.24) is 9.78 Å². The molecule has 1 atom stereocenters. The Labute approximate surface area is 188 Å². The zero-order valence-corrected chi connectivity index (χ0v) is 18.1. The van der Waals surface area contributed by atoms with Crippen LogP contribution < -0.4 is 15.8 Å². The van der Waals surface area contributed by atoms with Crippen LogP contribution in [0.3, 0.4) is 0 Å². The molecule has 1 N–H and O–H groups in total. The van der Waals surface area contributed by atoms with Gasteiger partial charge in [-0.2, -0.15) is 4.68 Å². The van der Waals surface area contributed by atoms with E-state index in [0.717, 1.165) is 23.8 Å². The van der Waals surface area contributed by atoms with Crippen LogP contribution in [0, 0.1) is 24.5 Å². The standard InChI is InChI=1S/C23H21ClF2N4O2/c1-14-4-6-17(12-18(14)24)30-22(31)9-8-21(28-30)29-10-2-3-15(13-29)23(32)27-20-11-16(25)5-7-19(20)26/h4-9,11-12,15H,2-3,10,13H2,1H3,(H,27,32)/t15-/m1/s1. The summed E-state index contributed by atoms with van der Waals surface area (Å²) in [5.74, 6) is -1.62. The molecule has 4 rings (SSSR count). The molecule has 32 heavy (non-hydrogen) atoms. The smallest absolute Gasteiger partial charge is 0.271 e. The lowest BCUT2D eigenvalue weighted by Crippen LogP contribution is -2.42. The molecule has 0 saturated carbocycles. The van der Waals surface area contributed by atoms with Gasteiger partial charge in [0.15, 0.2) is 0 Å². The molecule has 0 unspecified atom stereocenters. The van der Waals surface area contributed by atoms with E-state index in [-0.39, 0.29) is 11.2 Å². The van der Waals surface area contributed by atoms with Crippen LogP contribution in [-0.4, -0.2) is 28.8 Å². The molecule has 1 aliphatic rings. The highest BCUT2D eigenvalue weighted by atomic mass is 35.5. The first-order valence-corrected chi connectivity index (χ1v) is 10.6. The van der Waals surface area contributed by atoms with E-state index in [0.29, 0.717) is 42.5 Å². The number of benzene rings is 2. The number of nitrogens with zero attached hydrogens (tertiary/aromatic N) is 3. The van der Waals surface area contributed by atoms with Crippen molar-refractivity contribution in [1.29, 1.82) is 0 Å². The van der Waals surface area contributed by atoms with Crippen molar-refractivity contribution in [2.24, 2.45) is 5.92 Å².